The molecule has 0 unspecified atom stereocenters. The topological polar surface area (TPSA) is 21.3 Å². The Bertz CT molecular complexity index is 569. The molecule has 2 aromatic rings. The monoisotopic (exact) mass is 273 g/mol. The summed E-state index contributed by atoms with van der Waals surface area (Å²) < 4.78 is 19.0. The van der Waals surface area contributed by atoms with Gasteiger partial charge in [-0.15, -0.1) is 0 Å². The maximum atomic E-state index is 13.4. The molecule has 0 aliphatic heterocycles. The average molecular weight is 273 g/mol. The van der Waals surface area contributed by atoms with Gasteiger partial charge in [0.05, 0.1) is 6.61 Å². The van der Waals surface area contributed by atoms with E-state index in [1.165, 1.54) is 6.07 Å². The van der Waals surface area contributed by atoms with E-state index in [-0.39, 0.29) is 5.82 Å². The fraction of sp³-hybridized carbons (Fsp3) is 0.294. The normalized spacial score (nSPS) is 10.3. The second kappa shape index (κ2) is 6.94. The van der Waals surface area contributed by atoms with Crippen molar-refractivity contribution in [2.45, 2.75) is 26.8 Å². The maximum Gasteiger partial charge on any atom is 0.128 e. The number of ether oxygens (including phenoxy) is 1. The molecule has 20 heavy (non-hydrogen) atoms. The first kappa shape index (κ1) is 14.4. The summed E-state index contributed by atoms with van der Waals surface area (Å²) in [5, 5.41) is 3.22. The lowest BCUT2D eigenvalue weighted by Gasteiger charge is -2.09. The summed E-state index contributed by atoms with van der Waals surface area (Å²) in [6.45, 7) is 5.21. The Morgan fingerprint density at radius 2 is 2.00 bits per heavy atom. The Balaban J connectivity index is 1.97. The highest BCUT2D eigenvalue weighted by molar-refractivity contribution is 5.46. The fourth-order valence-corrected chi connectivity index (χ4v) is 1.87. The minimum atomic E-state index is -0.185. The van der Waals surface area contributed by atoms with Gasteiger partial charge in [-0.25, -0.2) is 4.39 Å². The van der Waals surface area contributed by atoms with E-state index in [1.807, 2.05) is 30.3 Å². The molecule has 0 heterocycles. The third kappa shape index (κ3) is 3.98. The summed E-state index contributed by atoms with van der Waals surface area (Å²) >= 11 is 0. The van der Waals surface area contributed by atoms with Crippen molar-refractivity contribution in [1.29, 1.82) is 0 Å². The van der Waals surface area contributed by atoms with E-state index >= 15 is 0 Å². The van der Waals surface area contributed by atoms with Crippen LogP contribution in [0.25, 0.3) is 0 Å². The van der Waals surface area contributed by atoms with Crippen LogP contribution >= 0.6 is 0 Å². The van der Waals surface area contributed by atoms with Crippen LogP contribution in [-0.2, 0) is 6.54 Å². The molecule has 0 bridgehead atoms. The van der Waals surface area contributed by atoms with Crippen LogP contribution in [-0.4, -0.2) is 6.61 Å². The average Bonchev–Trinajstić information content (AvgIpc) is 2.47. The van der Waals surface area contributed by atoms with E-state index in [0.29, 0.717) is 12.1 Å². The van der Waals surface area contributed by atoms with Gasteiger partial charge < -0.3 is 10.1 Å². The zero-order valence-electron chi connectivity index (χ0n) is 11.9. The Hall–Kier alpha value is -2.03. The number of anilines is 1. The van der Waals surface area contributed by atoms with Gasteiger partial charge in [-0.1, -0.05) is 25.1 Å². The number of rotatable bonds is 6. The van der Waals surface area contributed by atoms with Crippen molar-refractivity contribution in [3.63, 3.8) is 0 Å². The Kier molecular flexibility index (Phi) is 4.99. The summed E-state index contributed by atoms with van der Waals surface area (Å²) in [4.78, 5) is 0. The number of hydrogen-bond donors (Lipinski definition) is 1. The molecule has 0 aromatic heterocycles. The lowest BCUT2D eigenvalue weighted by atomic mass is 10.2. The highest BCUT2D eigenvalue weighted by Gasteiger charge is 2.00. The van der Waals surface area contributed by atoms with E-state index < -0.39 is 0 Å². The van der Waals surface area contributed by atoms with E-state index in [2.05, 4.69) is 12.2 Å². The van der Waals surface area contributed by atoms with Crippen molar-refractivity contribution in [2.24, 2.45) is 0 Å². The Morgan fingerprint density at radius 3 is 2.75 bits per heavy atom. The summed E-state index contributed by atoms with van der Waals surface area (Å²) in [6.07, 6.45) is 0.991. The molecule has 0 atom stereocenters. The van der Waals surface area contributed by atoms with E-state index in [9.17, 15) is 4.39 Å². The molecule has 2 aromatic carbocycles. The third-order valence-electron chi connectivity index (χ3n) is 3.04. The minimum absolute atomic E-state index is 0.185. The second-order valence-corrected chi connectivity index (χ2v) is 4.81. The van der Waals surface area contributed by atoms with Gasteiger partial charge in [0.25, 0.3) is 0 Å². The largest absolute Gasteiger partial charge is 0.494 e. The summed E-state index contributed by atoms with van der Waals surface area (Å²) in [5.41, 5.74) is 2.55. The number of benzene rings is 2. The first-order valence-corrected chi connectivity index (χ1v) is 6.91. The second-order valence-electron chi connectivity index (χ2n) is 4.81. The van der Waals surface area contributed by atoms with Crippen LogP contribution in [0.3, 0.4) is 0 Å². The van der Waals surface area contributed by atoms with Gasteiger partial charge in [-0.3, -0.25) is 0 Å². The number of halogens is 1. The van der Waals surface area contributed by atoms with Gasteiger partial charge in [0.2, 0.25) is 0 Å². The highest BCUT2D eigenvalue weighted by atomic mass is 19.1. The predicted molar refractivity (Wildman–Crippen MR) is 80.7 cm³/mol. The van der Waals surface area contributed by atoms with Gasteiger partial charge in [0.1, 0.15) is 11.6 Å². The van der Waals surface area contributed by atoms with Crippen LogP contribution in [0.5, 0.6) is 5.75 Å². The van der Waals surface area contributed by atoms with Gasteiger partial charge in [0, 0.05) is 12.2 Å². The number of hydrogen-bond acceptors (Lipinski definition) is 2. The highest BCUT2D eigenvalue weighted by Crippen LogP contribution is 2.17. The SMILES string of the molecule is CCCOc1cccc(CNc2ccc(C)c(F)c2)c1. The van der Waals surface area contributed by atoms with Gasteiger partial charge in [-0.2, -0.15) is 0 Å². The van der Waals surface area contributed by atoms with Crippen LogP contribution in [0.4, 0.5) is 10.1 Å². The van der Waals surface area contributed by atoms with Crippen molar-refractivity contribution in [3.05, 3.63) is 59.4 Å². The van der Waals surface area contributed by atoms with Crippen LogP contribution in [0.2, 0.25) is 0 Å². The van der Waals surface area contributed by atoms with Crippen molar-refractivity contribution < 1.29 is 9.13 Å². The maximum absolute atomic E-state index is 13.4. The first-order chi connectivity index (χ1) is 9.69. The molecular weight excluding hydrogens is 253 g/mol. The third-order valence-corrected chi connectivity index (χ3v) is 3.04. The molecule has 0 saturated carbocycles. The molecule has 0 aliphatic carbocycles. The molecule has 2 rings (SSSR count). The summed E-state index contributed by atoms with van der Waals surface area (Å²) in [7, 11) is 0. The van der Waals surface area contributed by atoms with Crippen molar-refractivity contribution in [1.82, 2.24) is 0 Å². The summed E-state index contributed by atoms with van der Waals surface area (Å²) in [5.74, 6) is 0.691. The van der Waals surface area contributed by atoms with Crippen molar-refractivity contribution >= 4 is 5.69 Å². The van der Waals surface area contributed by atoms with Crippen molar-refractivity contribution in [3.8, 4) is 5.75 Å². The lowest BCUT2D eigenvalue weighted by molar-refractivity contribution is 0.317. The van der Waals surface area contributed by atoms with E-state index in [0.717, 1.165) is 30.0 Å². The molecular formula is C17H20FNO. The molecule has 0 fully saturated rings. The molecule has 2 nitrogen and oxygen atoms in total. The molecule has 0 saturated heterocycles. The van der Waals surface area contributed by atoms with E-state index in [4.69, 9.17) is 4.74 Å². The zero-order valence-corrected chi connectivity index (χ0v) is 11.9. The van der Waals surface area contributed by atoms with Crippen LogP contribution in [0.1, 0.15) is 24.5 Å². The quantitative estimate of drug-likeness (QED) is 0.834. The number of nitrogens with one attached hydrogen (secondary N) is 1. The Labute approximate surface area is 119 Å². The molecule has 3 heteroatoms. The first-order valence-electron chi connectivity index (χ1n) is 6.91. The van der Waals surface area contributed by atoms with E-state index in [1.54, 1.807) is 13.0 Å². The number of aryl methyl sites for hydroxylation is 1. The molecule has 0 aliphatic rings. The smallest absolute Gasteiger partial charge is 0.128 e. The van der Waals surface area contributed by atoms with Gasteiger partial charge >= 0.3 is 0 Å². The summed E-state index contributed by atoms with van der Waals surface area (Å²) in [6, 6.07) is 13.1. The fourth-order valence-electron chi connectivity index (χ4n) is 1.87. The molecule has 106 valence electrons. The van der Waals surface area contributed by atoms with Gasteiger partial charge in [0.15, 0.2) is 0 Å². The zero-order chi connectivity index (χ0) is 14.4. The van der Waals surface area contributed by atoms with Crippen LogP contribution in [0.15, 0.2) is 42.5 Å². The van der Waals surface area contributed by atoms with Crippen LogP contribution < -0.4 is 10.1 Å². The standard InChI is InChI=1S/C17H20FNO/c1-3-9-20-16-6-4-5-14(10-16)12-19-15-8-7-13(2)17(18)11-15/h4-8,10-11,19H,3,9,12H2,1-2H3. The molecule has 0 spiro atoms. The Morgan fingerprint density at radius 1 is 1.15 bits per heavy atom. The molecule has 0 radical (unpaired) electrons. The molecule has 0 amide bonds. The van der Waals surface area contributed by atoms with Gasteiger partial charge in [-0.05, 0) is 48.7 Å². The lowest BCUT2D eigenvalue weighted by Crippen LogP contribution is -2.01. The predicted octanol–water partition coefficient (Wildman–Crippen LogP) is 4.54. The molecule has 1 N–H and O–H groups in total. The van der Waals surface area contributed by atoms with Crippen LogP contribution in [0, 0.1) is 12.7 Å². The van der Waals surface area contributed by atoms with Crippen molar-refractivity contribution in [2.75, 3.05) is 11.9 Å². The minimum Gasteiger partial charge on any atom is -0.494 e.